The van der Waals surface area contributed by atoms with Gasteiger partial charge in [0.05, 0.1) is 10.6 Å². The van der Waals surface area contributed by atoms with E-state index in [4.69, 9.17) is 0 Å². The quantitative estimate of drug-likeness (QED) is 0.552. The summed E-state index contributed by atoms with van der Waals surface area (Å²) in [5.41, 5.74) is 0.239. The first kappa shape index (κ1) is 23.8. The third-order valence-electron chi connectivity index (χ3n) is 6.32. The van der Waals surface area contributed by atoms with E-state index in [0.29, 0.717) is 42.2 Å². The smallest absolute Gasteiger partial charge is 0.348 e. The van der Waals surface area contributed by atoms with Crippen LogP contribution < -0.4 is 4.90 Å². The van der Waals surface area contributed by atoms with E-state index >= 15 is 0 Å². The molecule has 0 saturated heterocycles. The zero-order valence-electron chi connectivity index (χ0n) is 19.0. The predicted octanol–water partition coefficient (Wildman–Crippen LogP) is 6.28. The summed E-state index contributed by atoms with van der Waals surface area (Å²) in [6, 6.07) is 1.60. The second-order valence-corrected chi connectivity index (χ2v) is 11.3. The van der Waals surface area contributed by atoms with Gasteiger partial charge in [-0.3, -0.25) is 4.79 Å². The molecule has 4 nitrogen and oxygen atoms in total. The number of amides is 1. The Morgan fingerprint density at radius 2 is 1.71 bits per heavy atom. The van der Waals surface area contributed by atoms with E-state index in [1.807, 2.05) is 20.8 Å². The molecule has 2 aliphatic rings. The normalized spacial score (nSPS) is 26.6. The second-order valence-electron chi connectivity index (χ2n) is 10.2. The van der Waals surface area contributed by atoms with Crippen molar-refractivity contribution in [1.82, 2.24) is 0 Å². The minimum absolute atomic E-state index is 0.00448. The molecule has 1 heterocycles. The van der Waals surface area contributed by atoms with Gasteiger partial charge in [0.2, 0.25) is 5.91 Å². The van der Waals surface area contributed by atoms with Crippen LogP contribution in [-0.2, 0) is 4.79 Å². The fourth-order valence-electron chi connectivity index (χ4n) is 4.52. The first-order valence-corrected chi connectivity index (χ1v) is 12.2. The molecule has 3 rings (SSSR count). The lowest BCUT2D eigenvalue weighted by Crippen LogP contribution is -2.46. The van der Waals surface area contributed by atoms with Crippen molar-refractivity contribution in [1.29, 1.82) is 0 Å². The molecular formula is C25H34FNO3S. The third-order valence-corrected chi connectivity index (χ3v) is 7.35. The lowest BCUT2D eigenvalue weighted by atomic mass is 9.81. The average molecular weight is 448 g/mol. The second kappa shape index (κ2) is 9.73. The molecule has 170 valence electrons. The molecular weight excluding hydrogens is 413 g/mol. The number of nitrogens with zero attached hydrogens (tertiary/aromatic N) is 1. The number of thiophene rings is 1. The van der Waals surface area contributed by atoms with E-state index in [2.05, 4.69) is 18.8 Å². The van der Waals surface area contributed by atoms with E-state index in [0.717, 1.165) is 37.0 Å². The number of carbonyl (C=O) groups excluding carboxylic acids is 1. The maximum Gasteiger partial charge on any atom is 0.348 e. The molecule has 0 radical (unpaired) electrons. The summed E-state index contributed by atoms with van der Waals surface area (Å²) in [5, 5.41) is 9.89. The van der Waals surface area contributed by atoms with E-state index in [1.165, 1.54) is 0 Å². The van der Waals surface area contributed by atoms with Gasteiger partial charge in [-0.25, -0.2) is 9.18 Å². The van der Waals surface area contributed by atoms with Crippen LogP contribution in [0.5, 0.6) is 0 Å². The van der Waals surface area contributed by atoms with E-state index in [9.17, 15) is 19.1 Å². The molecule has 0 aromatic carbocycles. The van der Waals surface area contributed by atoms with Crippen molar-refractivity contribution < 1.29 is 19.1 Å². The number of carbonyl (C=O) groups is 2. The first-order chi connectivity index (χ1) is 14.5. The van der Waals surface area contributed by atoms with Crippen molar-refractivity contribution in [3.63, 3.8) is 0 Å². The molecule has 31 heavy (non-hydrogen) atoms. The first-order valence-electron chi connectivity index (χ1n) is 11.4. The highest BCUT2D eigenvalue weighted by molar-refractivity contribution is 7.15. The van der Waals surface area contributed by atoms with Gasteiger partial charge in [0.1, 0.15) is 11.0 Å². The van der Waals surface area contributed by atoms with Crippen LogP contribution >= 0.6 is 11.3 Å². The number of rotatable bonds is 4. The predicted molar refractivity (Wildman–Crippen MR) is 123 cm³/mol. The molecule has 2 fully saturated rings. The van der Waals surface area contributed by atoms with Crippen molar-refractivity contribution in [2.75, 3.05) is 4.90 Å². The number of hydrogen-bond donors (Lipinski definition) is 1. The van der Waals surface area contributed by atoms with Gasteiger partial charge in [0, 0.05) is 17.4 Å². The minimum Gasteiger partial charge on any atom is -0.477 e. The number of anilines is 1. The largest absolute Gasteiger partial charge is 0.477 e. The van der Waals surface area contributed by atoms with Crippen molar-refractivity contribution in [3.05, 3.63) is 15.8 Å². The van der Waals surface area contributed by atoms with Gasteiger partial charge in [0.15, 0.2) is 0 Å². The Bertz CT molecular complexity index is 860. The summed E-state index contributed by atoms with van der Waals surface area (Å²) in [7, 11) is 0. The van der Waals surface area contributed by atoms with Gasteiger partial charge in [-0.15, -0.1) is 11.3 Å². The van der Waals surface area contributed by atoms with Crippen LogP contribution in [0.1, 0.15) is 93.6 Å². The van der Waals surface area contributed by atoms with Gasteiger partial charge in [-0.05, 0) is 84.1 Å². The Kier molecular flexibility index (Phi) is 7.47. The lowest BCUT2D eigenvalue weighted by molar-refractivity contribution is -0.124. The molecule has 0 atom stereocenters. The molecule has 2 saturated carbocycles. The van der Waals surface area contributed by atoms with Crippen molar-refractivity contribution in [2.24, 2.45) is 17.3 Å². The van der Waals surface area contributed by atoms with Gasteiger partial charge in [-0.1, -0.05) is 18.8 Å². The van der Waals surface area contributed by atoms with Gasteiger partial charge < -0.3 is 10.0 Å². The number of aromatic carboxylic acids is 1. The van der Waals surface area contributed by atoms with Crippen molar-refractivity contribution >= 4 is 28.9 Å². The maximum atomic E-state index is 13.8. The van der Waals surface area contributed by atoms with E-state index in [1.54, 1.807) is 11.0 Å². The SMILES string of the molecule is CC1CCC(C(=O)N(c2cc(C#CC(C)(C)C)sc2C(=O)O)C2CCC(F)CC2)CC1. The fraction of sp³-hybridized carbons (Fsp3) is 0.680. The Labute approximate surface area is 189 Å². The molecule has 0 spiro atoms. The summed E-state index contributed by atoms with van der Waals surface area (Å²) in [6.45, 7) is 8.22. The Morgan fingerprint density at radius 3 is 2.26 bits per heavy atom. The van der Waals surface area contributed by atoms with Gasteiger partial charge in [0.25, 0.3) is 0 Å². The fourth-order valence-corrected chi connectivity index (χ4v) is 5.36. The maximum absolute atomic E-state index is 13.8. The van der Waals surface area contributed by atoms with Crippen LogP contribution in [0.2, 0.25) is 0 Å². The molecule has 0 aliphatic heterocycles. The van der Waals surface area contributed by atoms with Crippen molar-refractivity contribution in [3.8, 4) is 11.8 Å². The highest BCUT2D eigenvalue weighted by Gasteiger charge is 2.37. The van der Waals surface area contributed by atoms with Crippen LogP contribution in [-0.4, -0.2) is 29.2 Å². The molecule has 0 bridgehead atoms. The zero-order chi connectivity index (χ0) is 22.8. The van der Waals surface area contributed by atoms with Crippen LogP contribution in [0.4, 0.5) is 10.1 Å². The third kappa shape index (κ3) is 6.10. The molecule has 6 heteroatoms. The highest BCUT2D eigenvalue weighted by atomic mass is 32.1. The van der Waals surface area contributed by atoms with E-state index < -0.39 is 12.1 Å². The summed E-state index contributed by atoms with van der Waals surface area (Å²) in [6.07, 6.45) is 4.81. The van der Waals surface area contributed by atoms with Gasteiger partial charge in [-0.2, -0.15) is 0 Å². The van der Waals surface area contributed by atoms with Crippen LogP contribution in [0.25, 0.3) is 0 Å². The Hall–Kier alpha value is -1.87. The highest BCUT2D eigenvalue weighted by Crippen LogP contribution is 2.39. The number of hydrogen-bond acceptors (Lipinski definition) is 3. The molecule has 1 aromatic rings. The topological polar surface area (TPSA) is 57.6 Å². The summed E-state index contributed by atoms with van der Waals surface area (Å²) in [5.74, 6) is 5.74. The Morgan fingerprint density at radius 1 is 1.10 bits per heavy atom. The Balaban J connectivity index is 1.99. The summed E-state index contributed by atoms with van der Waals surface area (Å²) >= 11 is 1.12. The van der Waals surface area contributed by atoms with E-state index in [-0.39, 0.29) is 28.2 Å². The van der Waals surface area contributed by atoms with Crippen molar-refractivity contribution in [2.45, 2.75) is 91.3 Å². The molecule has 1 amide bonds. The van der Waals surface area contributed by atoms with Crippen LogP contribution in [0, 0.1) is 29.1 Å². The average Bonchev–Trinajstić information content (AvgIpc) is 3.12. The lowest BCUT2D eigenvalue weighted by Gasteiger charge is -2.38. The van der Waals surface area contributed by atoms with Gasteiger partial charge >= 0.3 is 5.97 Å². The minimum atomic E-state index is -1.04. The monoisotopic (exact) mass is 447 g/mol. The number of carboxylic acid groups (broad SMARTS) is 1. The van der Waals surface area contributed by atoms with Crippen LogP contribution in [0.3, 0.4) is 0 Å². The molecule has 0 unspecified atom stereocenters. The molecule has 1 N–H and O–H groups in total. The molecule has 1 aromatic heterocycles. The summed E-state index contributed by atoms with van der Waals surface area (Å²) < 4.78 is 13.8. The number of alkyl halides is 1. The number of carboxylic acids is 1. The van der Waals surface area contributed by atoms with Crippen LogP contribution in [0.15, 0.2) is 6.07 Å². The standard InChI is InChI=1S/C25H34FNO3S/c1-16-5-7-17(8-6-16)23(28)27(19-11-9-18(26)10-12-19)21-15-20(13-14-25(2,3)4)31-22(21)24(29)30/h15-19H,5-12H2,1-4H3,(H,29,30). The summed E-state index contributed by atoms with van der Waals surface area (Å²) in [4.78, 5) is 28.3. The molecule has 2 aliphatic carbocycles. The number of halogens is 1. The zero-order valence-corrected chi connectivity index (χ0v) is 19.9.